The molecule has 0 aliphatic heterocycles. The molecule has 0 atom stereocenters. The highest BCUT2D eigenvalue weighted by Gasteiger charge is 2.11. The van der Waals surface area contributed by atoms with Crippen LogP contribution in [0.15, 0.2) is 18.2 Å². The van der Waals surface area contributed by atoms with Gasteiger partial charge in [-0.25, -0.2) is 0 Å². The van der Waals surface area contributed by atoms with Gasteiger partial charge in [0.1, 0.15) is 5.75 Å². The van der Waals surface area contributed by atoms with E-state index in [0.29, 0.717) is 17.9 Å². The quantitative estimate of drug-likeness (QED) is 0.688. The fourth-order valence-electron chi connectivity index (χ4n) is 1.37. The van der Waals surface area contributed by atoms with Gasteiger partial charge in [0, 0.05) is 12.7 Å². The average molecular weight is 194 g/mol. The van der Waals surface area contributed by atoms with Gasteiger partial charge < -0.3 is 9.47 Å². The monoisotopic (exact) mass is 194 g/mol. The molecule has 0 heterocycles. The highest BCUT2D eigenvalue weighted by Crippen LogP contribution is 2.24. The zero-order valence-corrected chi connectivity index (χ0v) is 8.66. The maximum Gasteiger partial charge on any atom is 0.163 e. The normalized spacial score (nSPS) is 9.93. The highest BCUT2D eigenvalue weighted by atomic mass is 16.5. The number of carbonyl (C=O) groups is 1. The van der Waals surface area contributed by atoms with Crippen molar-refractivity contribution in [1.29, 1.82) is 0 Å². The van der Waals surface area contributed by atoms with Gasteiger partial charge in [0.2, 0.25) is 0 Å². The number of ketones is 1. The summed E-state index contributed by atoms with van der Waals surface area (Å²) in [6.07, 6.45) is 0. The van der Waals surface area contributed by atoms with Gasteiger partial charge in [-0.2, -0.15) is 0 Å². The molecule has 14 heavy (non-hydrogen) atoms. The van der Waals surface area contributed by atoms with Crippen molar-refractivity contribution in [2.45, 2.75) is 13.5 Å². The molecule has 0 N–H and O–H groups in total. The van der Waals surface area contributed by atoms with Crippen molar-refractivity contribution >= 4 is 5.78 Å². The molecule has 0 saturated carbocycles. The van der Waals surface area contributed by atoms with Gasteiger partial charge in [-0.3, -0.25) is 4.79 Å². The van der Waals surface area contributed by atoms with Crippen LogP contribution in [-0.2, 0) is 11.3 Å². The van der Waals surface area contributed by atoms with Crippen LogP contribution < -0.4 is 4.74 Å². The van der Waals surface area contributed by atoms with E-state index in [0.717, 1.165) is 5.56 Å². The van der Waals surface area contributed by atoms with E-state index in [1.54, 1.807) is 20.3 Å². The first kappa shape index (κ1) is 10.7. The van der Waals surface area contributed by atoms with Crippen LogP contribution in [-0.4, -0.2) is 20.0 Å². The van der Waals surface area contributed by atoms with Crippen molar-refractivity contribution in [2.75, 3.05) is 14.2 Å². The Balaban J connectivity index is 3.17. The van der Waals surface area contributed by atoms with Crippen LogP contribution in [0.2, 0.25) is 0 Å². The van der Waals surface area contributed by atoms with Crippen molar-refractivity contribution in [3.8, 4) is 5.75 Å². The second-order valence-corrected chi connectivity index (χ2v) is 2.99. The molecule has 0 aromatic heterocycles. The third-order valence-corrected chi connectivity index (χ3v) is 1.98. The molecule has 3 heteroatoms. The van der Waals surface area contributed by atoms with Crippen LogP contribution >= 0.6 is 0 Å². The van der Waals surface area contributed by atoms with Crippen LogP contribution in [0.5, 0.6) is 5.75 Å². The van der Waals surface area contributed by atoms with Crippen LogP contribution in [0, 0.1) is 0 Å². The Morgan fingerprint density at radius 1 is 1.36 bits per heavy atom. The smallest absolute Gasteiger partial charge is 0.163 e. The summed E-state index contributed by atoms with van der Waals surface area (Å²) in [4.78, 5) is 11.3. The molecule has 1 rings (SSSR count). The summed E-state index contributed by atoms with van der Waals surface area (Å²) in [5.74, 6) is 0.613. The second kappa shape index (κ2) is 4.77. The molecular formula is C11H14O3. The lowest BCUT2D eigenvalue weighted by atomic mass is 10.1. The van der Waals surface area contributed by atoms with E-state index in [1.165, 1.54) is 6.92 Å². The first-order valence-electron chi connectivity index (χ1n) is 4.36. The number of hydrogen-bond acceptors (Lipinski definition) is 3. The predicted octanol–water partition coefficient (Wildman–Crippen LogP) is 2.04. The summed E-state index contributed by atoms with van der Waals surface area (Å²) in [7, 11) is 3.17. The molecular weight excluding hydrogens is 180 g/mol. The maximum absolute atomic E-state index is 11.3. The van der Waals surface area contributed by atoms with Gasteiger partial charge in [-0.05, 0) is 13.0 Å². The number of hydrogen-bond donors (Lipinski definition) is 0. The number of methoxy groups -OCH3 is 2. The minimum Gasteiger partial charge on any atom is -0.496 e. The third kappa shape index (κ3) is 2.12. The van der Waals surface area contributed by atoms with Crippen LogP contribution in [0.1, 0.15) is 22.8 Å². The van der Waals surface area contributed by atoms with Gasteiger partial charge >= 0.3 is 0 Å². The fourth-order valence-corrected chi connectivity index (χ4v) is 1.37. The Bertz CT molecular complexity index is 331. The van der Waals surface area contributed by atoms with Gasteiger partial charge in [-0.1, -0.05) is 12.1 Å². The van der Waals surface area contributed by atoms with E-state index in [9.17, 15) is 4.79 Å². The van der Waals surface area contributed by atoms with Crippen LogP contribution in [0.3, 0.4) is 0 Å². The molecule has 3 nitrogen and oxygen atoms in total. The van der Waals surface area contributed by atoms with Crippen molar-refractivity contribution < 1.29 is 14.3 Å². The summed E-state index contributed by atoms with van der Waals surface area (Å²) < 4.78 is 10.2. The first-order chi connectivity index (χ1) is 6.70. The Kier molecular flexibility index (Phi) is 3.65. The van der Waals surface area contributed by atoms with E-state index < -0.39 is 0 Å². The molecule has 0 aliphatic carbocycles. The minimum absolute atomic E-state index is 0.000182. The molecule has 0 spiro atoms. The maximum atomic E-state index is 11.3. The Morgan fingerprint density at radius 3 is 2.57 bits per heavy atom. The number of para-hydroxylation sites is 1. The molecule has 76 valence electrons. The molecule has 1 aromatic rings. The molecule has 0 aliphatic rings. The van der Waals surface area contributed by atoms with E-state index in [1.807, 2.05) is 12.1 Å². The summed E-state index contributed by atoms with van der Waals surface area (Å²) in [5, 5.41) is 0. The zero-order chi connectivity index (χ0) is 10.6. The topological polar surface area (TPSA) is 35.5 Å². The van der Waals surface area contributed by atoms with Gasteiger partial charge in [0.05, 0.1) is 19.3 Å². The fraction of sp³-hybridized carbons (Fsp3) is 0.364. The van der Waals surface area contributed by atoms with Crippen LogP contribution in [0.25, 0.3) is 0 Å². The molecule has 0 saturated heterocycles. The summed E-state index contributed by atoms with van der Waals surface area (Å²) in [5.41, 5.74) is 1.49. The lowest BCUT2D eigenvalue weighted by molar-refractivity contribution is 0.101. The summed E-state index contributed by atoms with van der Waals surface area (Å²) in [6, 6.07) is 5.46. The van der Waals surface area contributed by atoms with Crippen molar-refractivity contribution in [1.82, 2.24) is 0 Å². The number of carbonyl (C=O) groups excluding carboxylic acids is 1. The van der Waals surface area contributed by atoms with E-state index >= 15 is 0 Å². The Hall–Kier alpha value is -1.35. The number of ether oxygens (including phenoxy) is 2. The highest BCUT2D eigenvalue weighted by molar-refractivity contribution is 5.97. The van der Waals surface area contributed by atoms with E-state index in [4.69, 9.17) is 9.47 Å². The minimum atomic E-state index is -0.000182. The number of Topliss-reactive ketones (excluding diaryl/α,β-unsaturated/α-hetero) is 1. The van der Waals surface area contributed by atoms with Crippen molar-refractivity contribution in [2.24, 2.45) is 0 Å². The Labute approximate surface area is 83.6 Å². The summed E-state index contributed by atoms with van der Waals surface area (Å²) in [6.45, 7) is 1.97. The average Bonchev–Trinajstić information content (AvgIpc) is 2.18. The SMILES string of the molecule is COCc1cccc(C(C)=O)c1OC. The van der Waals surface area contributed by atoms with Crippen molar-refractivity contribution in [3.63, 3.8) is 0 Å². The van der Waals surface area contributed by atoms with Crippen molar-refractivity contribution in [3.05, 3.63) is 29.3 Å². The first-order valence-corrected chi connectivity index (χ1v) is 4.36. The van der Waals surface area contributed by atoms with E-state index in [-0.39, 0.29) is 5.78 Å². The molecule has 1 aromatic carbocycles. The van der Waals surface area contributed by atoms with Gasteiger partial charge in [-0.15, -0.1) is 0 Å². The Morgan fingerprint density at radius 2 is 2.07 bits per heavy atom. The molecule has 0 amide bonds. The lowest BCUT2D eigenvalue weighted by Gasteiger charge is -2.10. The second-order valence-electron chi connectivity index (χ2n) is 2.99. The lowest BCUT2D eigenvalue weighted by Crippen LogP contribution is -2.01. The summed E-state index contributed by atoms with van der Waals surface area (Å²) >= 11 is 0. The van der Waals surface area contributed by atoms with Gasteiger partial charge in [0.15, 0.2) is 5.78 Å². The molecule has 0 fully saturated rings. The van der Waals surface area contributed by atoms with E-state index in [2.05, 4.69) is 0 Å². The largest absolute Gasteiger partial charge is 0.496 e. The van der Waals surface area contributed by atoms with Crippen LogP contribution in [0.4, 0.5) is 0 Å². The third-order valence-electron chi connectivity index (χ3n) is 1.98. The van der Waals surface area contributed by atoms with Gasteiger partial charge in [0.25, 0.3) is 0 Å². The molecule has 0 unspecified atom stereocenters. The number of rotatable bonds is 4. The zero-order valence-electron chi connectivity index (χ0n) is 8.66. The molecule has 0 radical (unpaired) electrons. The molecule has 0 bridgehead atoms. The predicted molar refractivity (Wildman–Crippen MR) is 53.7 cm³/mol. The standard InChI is InChI=1S/C11H14O3/c1-8(12)10-6-4-5-9(7-13-2)11(10)14-3/h4-6H,7H2,1-3H3. The number of benzene rings is 1.